The van der Waals surface area contributed by atoms with Gasteiger partial charge in [-0.3, -0.25) is 0 Å². The standard InChI is InChI=1S/C13H22O2/c1-4-7-14-10(2)15-13(3)9-11-5-6-12(13)8-11/h5-6,10-12H,4,7-9H2,1-3H3. The van der Waals surface area contributed by atoms with Crippen LogP contribution in [0.2, 0.25) is 0 Å². The molecular formula is C13H22O2. The van der Waals surface area contributed by atoms with E-state index in [0.29, 0.717) is 5.92 Å². The number of fused-ring (bicyclic) bond motifs is 2. The van der Waals surface area contributed by atoms with E-state index in [2.05, 4.69) is 26.0 Å². The zero-order chi connectivity index (χ0) is 10.9. The molecule has 2 aliphatic carbocycles. The molecule has 0 N–H and O–H groups in total. The molecule has 0 aromatic rings. The van der Waals surface area contributed by atoms with Crippen LogP contribution in [-0.2, 0) is 9.47 Å². The third-order valence-electron chi connectivity index (χ3n) is 3.62. The summed E-state index contributed by atoms with van der Waals surface area (Å²) in [6.07, 6.45) is 8.08. The molecule has 0 saturated heterocycles. The maximum atomic E-state index is 6.06. The lowest BCUT2D eigenvalue weighted by Gasteiger charge is -2.34. The van der Waals surface area contributed by atoms with E-state index >= 15 is 0 Å². The second kappa shape index (κ2) is 4.26. The molecule has 0 aliphatic heterocycles. The summed E-state index contributed by atoms with van der Waals surface area (Å²) < 4.78 is 11.6. The fraction of sp³-hybridized carbons (Fsp3) is 0.846. The van der Waals surface area contributed by atoms with Crippen LogP contribution < -0.4 is 0 Å². The molecule has 2 heteroatoms. The lowest BCUT2D eigenvalue weighted by Crippen LogP contribution is -2.37. The van der Waals surface area contributed by atoms with Gasteiger partial charge in [-0.25, -0.2) is 0 Å². The number of ether oxygens (including phenoxy) is 2. The summed E-state index contributed by atoms with van der Waals surface area (Å²) in [6.45, 7) is 7.15. The zero-order valence-corrected chi connectivity index (χ0v) is 10.0. The van der Waals surface area contributed by atoms with Crippen molar-refractivity contribution < 1.29 is 9.47 Å². The lowest BCUT2D eigenvalue weighted by molar-refractivity contribution is -0.204. The fourth-order valence-corrected chi connectivity index (χ4v) is 2.88. The van der Waals surface area contributed by atoms with Gasteiger partial charge in [0.1, 0.15) is 0 Å². The highest BCUT2D eigenvalue weighted by Gasteiger charge is 2.46. The van der Waals surface area contributed by atoms with Crippen molar-refractivity contribution in [1.29, 1.82) is 0 Å². The fourth-order valence-electron chi connectivity index (χ4n) is 2.88. The first kappa shape index (κ1) is 11.2. The lowest BCUT2D eigenvalue weighted by atomic mass is 9.90. The van der Waals surface area contributed by atoms with E-state index in [9.17, 15) is 0 Å². The van der Waals surface area contributed by atoms with Crippen molar-refractivity contribution in [1.82, 2.24) is 0 Å². The number of hydrogen-bond donors (Lipinski definition) is 0. The Labute approximate surface area is 92.6 Å². The van der Waals surface area contributed by atoms with Gasteiger partial charge in [0, 0.05) is 12.5 Å². The zero-order valence-electron chi connectivity index (χ0n) is 10.0. The third-order valence-corrected chi connectivity index (χ3v) is 3.62. The van der Waals surface area contributed by atoms with E-state index in [-0.39, 0.29) is 11.9 Å². The average molecular weight is 210 g/mol. The van der Waals surface area contributed by atoms with Crippen LogP contribution in [0, 0.1) is 11.8 Å². The van der Waals surface area contributed by atoms with Crippen molar-refractivity contribution in [2.24, 2.45) is 11.8 Å². The highest BCUT2D eigenvalue weighted by molar-refractivity contribution is 5.16. The minimum Gasteiger partial charge on any atom is -0.353 e. The molecule has 0 radical (unpaired) electrons. The summed E-state index contributed by atoms with van der Waals surface area (Å²) in [7, 11) is 0. The van der Waals surface area contributed by atoms with Crippen molar-refractivity contribution >= 4 is 0 Å². The number of hydrogen-bond acceptors (Lipinski definition) is 2. The molecule has 0 aromatic heterocycles. The SMILES string of the molecule is CCCOC(C)OC1(C)CC2C=CC1C2. The molecule has 1 saturated carbocycles. The molecule has 2 nitrogen and oxygen atoms in total. The molecule has 2 rings (SSSR count). The van der Waals surface area contributed by atoms with Crippen molar-refractivity contribution in [2.45, 2.75) is 51.9 Å². The molecule has 0 aromatic carbocycles. The monoisotopic (exact) mass is 210 g/mol. The van der Waals surface area contributed by atoms with Crippen LogP contribution in [0.4, 0.5) is 0 Å². The van der Waals surface area contributed by atoms with Crippen LogP contribution in [0.5, 0.6) is 0 Å². The summed E-state index contributed by atoms with van der Waals surface area (Å²) in [5.74, 6) is 1.36. The van der Waals surface area contributed by atoms with Gasteiger partial charge >= 0.3 is 0 Å². The van der Waals surface area contributed by atoms with Gasteiger partial charge in [-0.15, -0.1) is 0 Å². The molecular weight excluding hydrogens is 188 g/mol. The van der Waals surface area contributed by atoms with E-state index < -0.39 is 0 Å². The second-order valence-corrected chi connectivity index (χ2v) is 5.06. The minimum atomic E-state index is -0.0669. The first-order chi connectivity index (χ1) is 7.14. The highest BCUT2D eigenvalue weighted by Crippen LogP contribution is 2.48. The summed E-state index contributed by atoms with van der Waals surface area (Å²) in [4.78, 5) is 0. The van der Waals surface area contributed by atoms with E-state index in [4.69, 9.17) is 9.47 Å². The Morgan fingerprint density at radius 3 is 2.80 bits per heavy atom. The van der Waals surface area contributed by atoms with Gasteiger partial charge in [0.2, 0.25) is 0 Å². The van der Waals surface area contributed by atoms with E-state index in [1.54, 1.807) is 0 Å². The second-order valence-electron chi connectivity index (χ2n) is 5.06. The van der Waals surface area contributed by atoms with Crippen LogP contribution in [-0.4, -0.2) is 18.5 Å². The van der Waals surface area contributed by atoms with Gasteiger partial charge in [0.05, 0.1) is 5.60 Å². The van der Waals surface area contributed by atoms with Crippen LogP contribution in [0.3, 0.4) is 0 Å². The van der Waals surface area contributed by atoms with Gasteiger partial charge in [-0.1, -0.05) is 19.1 Å². The van der Waals surface area contributed by atoms with Crippen LogP contribution in [0.1, 0.15) is 40.0 Å². The van der Waals surface area contributed by atoms with Gasteiger partial charge in [0.25, 0.3) is 0 Å². The topological polar surface area (TPSA) is 18.5 Å². The Hall–Kier alpha value is -0.340. The Morgan fingerprint density at radius 1 is 1.47 bits per heavy atom. The molecule has 4 unspecified atom stereocenters. The van der Waals surface area contributed by atoms with Crippen LogP contribution >= 0.6 is 0 Å². The Morgan fingerprint density at radius 2 is 2.27 bits per heavy atom. The average Bonchev–Trinajstić information content (AvgIpc) is 2.73. The van der Waals surface area contributed by atoms with E-state index in [0.717, 1.165) is 25.4 Å². The van der Waals surface area contributed by atoms with Gasteiger partial charge in [-0.05, 0) is 39.0 Å². The molecule has 86 valence electrons. The summed E-state index contributed by atoms with van der Waals surface area (Å²) in [5.41, 5.74) is 0.0204. The maximum absolute atomic E-state index is 6.06. The van der Waals surface area contributed by atoms with E-state index in [1.807, 2.05) is 6.92 Å². The molecule has 4 atom stereocenters. The maximum Gasteiger partial charge on any atom is 0.155 e. The predicted molar refractivity (Wildman–Crippen MR) is 60.5 cm³/mol. The Bertz CT molecular complexity index is 249. The van der Waals surface area contributed by atoms with Crippen LogP contribution in [0.15, 0.2) is 12.2 Å². The minimum absolute atomic E-state index is 0.0204. The molecule has 2 aliphatic rings. The molecule has 1 fully saturated rings. The van der Waals surface area contributed by atoms with Crippen molar-refractivity contribution in [3.8, 4) is 0 Å². The Kier molecular flexibility index (Phi) is 3.17. The number of rotatable bonds is 5. The first-order valence-electron chi connectivity index (χ1n) is 6.12. The molecule has 0 spiro atoms. The molecule has 0 heterocycles. The van der Waals surface area contributed by atoms with Crippen molar-refractivity contribution in [3.63, 3.8) is 0 Å². The summed E-state index contributed by atoms with van der Waals surface area (Å²) >= 11 is 0. The molecule has 2 bridgehead atoms. The smallest absolute Gasteiger partial charge is 0.155 e. The van der Waals surface area contributed by atoms with Crippen molar-refractivity contribution in [3.05, 3.63) is 12.2 Å². The highest BCUT2D eigenvalue weighted by atomic mass is 16.7. The quantitative estimate of drug-likeness (QED) is 0.512. The van der Waals surface area contributed by atoms with Gasteiger partial charge in [0.15, 0.2) is 6.29 Å². The summed E-state index contributed by atoms with van der Waals surface area (Å²) in [5, 5.41) is 0. The van der Waals surface area contributed by atoms with E-state index in [1.165, 1.54) is 6.42 Å². The summed E-state index contributed by atoms with van der Waals surface area (Å²) in [6, 6.07) is 0. The van der Waals surface area contributed by atoms with Gasteiger partial charge in [-0.2, -0.15) is 0 Å². The largest absolute Gasteiger partial charge is 0.353 e. The Balaban J connectivity index is 1.86. The van der Waals surface area contributed by atoms with Gasteiger partial charge < -0.3 is 9.47 Å². The van der Waals surface area contributed by atoms with Crippen molar-refractivity contribution in [2.75, 3.05) is 6.61 Å². The first-order valence-corrected chi connectivity index (χ1v) is 6.12. The normalized spacial score (nSPS) is 39.9. The predicted octanol–water partition coefficient (Wildman–Crippen LogP) is 3.13. The third kappa shape index (κ3) is 2.26. The molecule has 15 heavy (non-hydrogen) atoms. The molecule has 0 amide bonds. The van der Waals surface area contributed by atoms with Crippen LogP contribution in [0.25, 0.3) is 0 Å². The number of allylic oxidation sites excluding steroid dienone is 1.